The van der Waals surface area contributed by atoms with Crippen LogP contribution in [0.3, 0.4) is 0 Å². The van der Waals surface area contributed by atoms with Crippen LogP contribution >= 0.6 is 0 Å². The molecular formula is C27H24N4O4. The van der Waals surface area contributed by atoms with E-state index in [-0.39, 0.29) is 17.0 Å². The number of carboxylic acid groups (broad SMARTS) is 1. The van der Waals surface area contributed by atoms with Crippen LogP contribution < -0.4 is 10.7 Å². The molecule has 0 bridgehead atoms. The third-order valence-electron chi connectivity index (χ3n) is 6.06. The number of aryl methyl sites for hydroxylation is 2. The molecule has 3 aromatic heterocycles. The van der Waals surface area contributed by atoms with Gasteiger partial charge < -0.3 is 14.8 Å². The van der Waals surface area contributed by atoms with Crippen LogP contribution in [0.5, 0.6) is 0 Å². The van der Waals surface area contributed by atoms with Gasteiger partial charge in [-0.05, 0) is 63.6 Å². The molecule has 2 aromatic carbocycles. The lowest BCUT2D eigenvalue weighted by Crippen LogP contribution is -2.14. The molecule has 0 aliphatic carbocycles. The maximum atomic E-state index is 13.4. The number of benzene rings is 2. The lowest BCUT2D eigenvalue weighted by atomic mass is 9.99. The molecule has 0 spiro atoms. The van der Waals surface area contributed by atoms with Crippen LogP contribution in [0.1, 0.15) is 45.7 Å². The molecule has 0 aliphatic heterocycles. The lowest BCUT2D eigenvalue weighted by Gasteiger charge is -2.19. The molecular weight excluding hydrogens is 444 g/mol. The topological polar surface area (TPSA) is 110 Å². The number of aromatic carboxylic acids is 1. The Morgan fingerprint density at radius 1 is 1.11 bits per heavy atom. The van der Waals surface area contributed by atoms with Gasteiger partial charge in [-0.2, -0.15) is 5.10 Å². The van der Waals surface area contributed by atoms with E-state index in [9.17, 15) is 14.7 Å². The Hall–Kier alpha value is -4.46. The van der Waals surface area contributed by atoms with Crippen molar-refractivity contribution in [3.8, 4) is 11.5 Å². The number of aromatic nitrogens is 3. The summed E-state index contributed by atoms with van der Waals surface area (Å²) >= 11 is 0. The molecule has 35 heavy (non-hydrogen) atoms. The average molecular weight is 469 g/mol. The van der Waals surface area contributed by atoms with Gasteiger partial charge in [0.25, 0.3) is 0 Å². The third kappa shape index (κ3) is 3.93. The first kappa shape index (κ1) is 22.3. The molecule has 2 N–H and O–H groups in total. The Morgan fingerprint density at radius 3 is 2.66 bits per heavy atom. The van der Waals surface area contributed by atoms with Gasteiger partial charge in [-0.3, -0.25) is 4.79 Å². The highest BCUT2D eigenvalue weighted by Gasteiger charge is 2.21. The lowest BCUT2D eigenvalue weighted by molar-refractivity contribution is 0.0698. The van der Waals surface area contributed by atoms with E-state index in [2.05, 4.69) is 15.4 Å². The van der Waals surface area contributed by atoms with Crippen LogP contribution in [0.4, 0.5) is 5.69 Å². The summed E-state index contributed by atoms with van der Waals surface area (Å²) in [6.45, 7) is 7.45. The third-order valence-corrected chi connectivity index (χ3v) is 6.06. The average Bonchev–Trinajstić information content (AvgIpc) is 3.20. The number of hydrogen-bond donors (Lipinski definition) is 2. The van der Waals surface area contributed by atoms with Gasteiger partial charge in [-0.1, -0.05) is 18.2 Å². The fourth-order valence-corrected chi connectivity index (χ4v) is 4.36. The van der Waals surface area contributed by atoms with Gasteiger partial charge in [0.2, 0.25) is 0 Å². The monoisotopic (exact) mass is 468 g/mol. The number of rotatable bonds is 5. The van der Waals surface area contributed by atoms with Crippen LogP contribution in [0.15, 0.2) is 63.9 Å². The molecule has 0 amide bonds. The van der Waals surface area contributed by atoms with Crippen LogP contribution in [0.2, 0.25) is 0 Å². The fraction of sp³-hybridized carbons (Fsp3) is 0.185. The first-order valence-electron chi connectivity index (χ1n) is 11.2. The zero-order chi connectivity index (χ0) is 24.9. The summed E-state index contributed by atoms with van der Waals surface area (Å²) in [5, 5.41) is 17.9. The van der Waals surface area contributed by atoms with Crippen LogP contribution in [0, 0.1) is 20.8 Å². The zero-order valence-corrected chi connectivity index (χ0v) is 19.8. The molecule has 176 valence electrons. The fourth-order valence-electron chi connectivity index (χ4n) is 4.36. The number of nitrogens with zero attached hydrogens (tertiary/aromatic N) is 3. The molecule has 0 saturated carbocycles. The summed E-state index contributed by atoms with van der Waals surface area (Å²) in [4.78, 5) is 29.5. The van der Waals surface area contributed by atoms with Gasteiger partial charge in [0, 0.05) is 16.8 Å². The second-order valence-electron chi connectivity index (χ2n) is 8.74. The largest absolute Gasteiger partial charge is 0.478 e. The summed E-state index contributed by atoms with van der Waals surface area (Å²) in [6, 6.07) is 13.8. The highest BCUT2D eigenvalue weighted by Crippen LogP contribution is 2.32. The molecule has 0 fully saturated rings. The SMILES string of the molecule is Cc1cc(C(C)Nc2ccccc2C(=O)O)c2oc(-c3ccc4nc(C)cn4n3)c(C)c(=O)c2c1. The Labute approximate surface area is 200 Å². The number of para-hydroxylation sites is 1. The van der Waals surface area contributed by atoms with Crippen molar-refractivity contribution in [3.05, 3.63) is 92.9 Å². The minimum atomic E-state index is -1.02. The Bertz CT molecular complexity index is 1680. The first-order chi connectivity index (χ1) is 16.7. The predicted octanol–water partition coefficient (Wildman–Crippen LogP) is 5.30. The number of carbonyl (C=O) groups is 1. The van der Waals surface area contributed by atoms with Crippen molar-refractivity contribution in [1.29, 1.82) is 0 Å². The number of imidazole rings is 1. The highest BCUT2D eigenvalue weighted by molar-refractivity contribution is 5.94. The number of fused-ring (bicyclic) bond motifs is 2. The van der Waals surface area contributed by atoms with Crippen molar-refractivity contribution in [2.75, 3.05) is 5.32 Å². The minimum Gasteiger partial charge on any atom is -0.478 e. The molecule has 5 aromatic rings. The molecule has 3 heterocycles. The van der Waals surface area contributed by atoms with Gasteiger partial charge in [0.15, 0.2) is 16.8 Å². The van der Waals surface area contributed by atoms with Crippen molar-refractivity contribution >= 4 is 28.3 Å². The Morgan fingerprint density at radius 2 is 1.89 bits per heavy atom. The van der Waals surface area contributed by atoms with Crippen molar-refractivity contribution < 1.29 is 14.3 Å². The predicted molar refractivity (Wildman–Crippen MR) is 134 cm³/mol. The highest BCUT2D eigenvalue weighted by atomic mass is 16.4. The number of anilines is 1. The van der Waals surface area contributed by atoms with Gasteiger partial charge in [-0.15, -0.1) is 0 Å². The standard InChI is InChI=1S/C27H24N4O4/c1-14-11-19(17(4)29-21-8-6-5-7-18(21)27(33)34)26-20(12-14)24(32)16(3)25(35-26)22-9-10-23-28-15(2)13-31(23)30-22/h5-13,17,29H,1-4H3,(H,33,34). The van der Waals surface area contributed by atoms with Gasteiger partial charge in [-0.25, -0.2) is 14.3 Å². The summed E-state index contributed by atoms with van der Waals surface area (Å²) in [5.41, 5.74) is 5.15. The van der Waals surface area contributed by atoms with E-state index >= 15 is 0 Å². The van der Waals surface area contributed by atoms with E-state index in [1.165, 1.54) is 0 Å². The second kappa shape index (κ2) is 8.39. The smallest absolute Gasteiger partial charge is 0.337 e. The Kier molecular flexibility index (Phi) is 5.36. The summed E-state index contributed by atoms with van der Waals surface area (Å²) in [5.74, 6) is -0.631. The molecule has 0 aliphatic rings. The van der Waals surface area contributed by atoms with E-state index in [1.807, 2.05) is 45.2 Å². The van der Waals surface area contributed by atoms with Crippen LogP contribution in [-0.2, 0) is 0 Å². The molecule has 5 rings (SSSR count). The van der Waals surface area contributed by atoms with Gasteiger partial charge >= 0.3 is 5.97 Å². The van der Waals surface area contributed by atoms with E-state index in [4.69, 9.17) is 4.42 Å². The second-order valence-corrected chi connectivity index (χ2v) is 8.74. The van der Waals surface area contributed by atoms with E-state index in [0.29, 0.717) is 39.3 Å². The van der Waals surface area contributed by atoms with Crippen molar-refractivity contribution in [2.24, 2.45) is 0 Å². The van der Waals surface area contributed by atoms with Crippen molar-refractivity contribution in [1.82, 2.24) is 14.6 Å². The molecule has 0 radical (unpaired) electrons. The molecule has 1 unspecified atom stereocenters. The van der Waals surface area contributed by atoms with E-state index in [1.54, 1.807) is 41.8 Å². The van der Waals surface area contributed by atoms with E-state index < -0.39 is 5.97 Å². The molecule has 8 nitrogen and oxygen atoms in total. The van der Waals surface area contributed by atoms with Gasteiger partial charge in [0.1, 0.15) is 11.3 Å². The van der Waals surface area contributed by atoms with Crippen LogP contribution in [0.25, 0.3) is 28.1 Å². The van der Waals surface area contributed by atoms with E-state index in [0.717, 1.165) is 16.8 Å². The van der Waals surface area contributed by atoms with Gasteiger partial charge in [0.05, 0.1) is 28.9 Å². The Balaban J connectivity index is 1.68. The molecule has 0 saturated heterocycles. The normalized spacial score (nSPS) is 12.2. The number of nitrogens with one attached hydrogen (secondary N) is 1. The summed E-state index contributed by atoms with van der Waals surface area (Å²) in [6.07, 6.45) is 1.81. The number of carboxylic acids is 1. The first-order valence-corrected chi connectivity index (χ1v) is 11.2. The zero-order valence-electron chi connectivity index (χ0n) is 19.8. The van der Waals surface area contributed by atoms with Crippen LogP contribution in [-0.4, -0.2) is 25.7 Å². The number of hydrogen-bond acceptors (Lipinski definition) is 6. The summed E-state index contributed by atoms with van der Waals surface area (Å²) < 4.78 is 8.05. The quantitative estimate of drug-likeness (QED) is 0.360. The molecule has 8 heteroatoms. The maximum Gasteiger partial charge on any atom is 0.337 e. The summed E-state index contributed by atoms with van der Waals surface area (Å²) in [7, 11) is 0. The minimum absolute atomic E-state index is 0.131. The maximum absolute atomic E-state index is 13.4. The van der Waals surface area contributed by atoms with Crippen molar-refractivity contribution in [2.45, 2.75) is 33.7 Å². The molecule has 1 atom stereocenters. The van der Waals surface area contributed by atoms with Crippen molar-refractivity contribution in [3.63, 3.8) is 0 Å².